The van der Waals surface area contributed by atoms with Gasteiger partial charge in [0.2, 0.25) is 0 Å². The molecule has 2 heteroatoms. The van der Waals surface area contributed by atoms with Gasteiger partial charge >= 0.3 is 142 Å². The first-order valence-electron chi connectivity index (χ1n) is 8.22. The summed E-state index contributed by atoms with van der Waals surface area (Å²) in [6, 6.07) is 10.9. The van der Waals surface area contributed by atoms with Crippen molar-refractivity contribution in [3.8, 4) is 0 Å². The van der Waals surface area contributed by atoms with Crippen molar-refractivity contribution < 1.29 is 0 Å². The van der Waals surface area contributed by atoms with Gasteiger partial charge in [-0.3, -0.25) is 0 Å². The summed E-state index contributed by atoms with van der Waals surface area (Å²) in [6.07, 6.45) is 9.28. The number of rotatable bonds is 11. The SMILES string of the molecule is CCCCCC/C=C(/SCc1ccccc1)[Se]CC(C)C. The molecular formula is C19H30SSe. The molecule has 0 radical (unpaired) electrons. The zero-order valence-corrected chi connectivity index (χ0v) is 16.3. The second-order valence-electron chi connectivity index (χ2n) is 5.85. The van der Waals surface area contributed by atoms with Gasteiger partial charge < -0.3 is 0 Å². The fourth-order valence-electron chi connectivity index (χ4n) is 1.93. The summed E-state index contributed by atoms with van der Waals surface area (Å²) in [5.41, 5.74) is 1.44. The number of hydrogen-bond donors (Lipinski definition) is 0. The Morgan fingerprint density at radius 3 is 2.57 bits per heavy atom. The molecule has 21 heavy (non-hydrogen) atoms. The van der Waals surface area contributed by atoms with Crippen LogP contribution in [0.25, 0.3) is 0 Å². The average molecular weight is 369 g/mol. The first kappa shape index (κ1) is 18.9. The predicted octanol–water partition coefficient (Wildman–Crippen LogP) is 6.51. The molecule has 0 aliphatic carbocycles. The summed E-state index contributed by atoms with van der Waals surface area (Å²) < 4.78 is 1.66. The van der Waals surface area contributed by atoms with Crippen LogP contribution in [0.3, 0.4) is 0 Å². The normalized spacial score (nSPS) is 12.1. The van der Waals surface area contributed by atoms with Crippen molar-refractivity contribution in [1.82, 2.24) is 0 Å². The Morgan fingerprint density at radius 2 is 1.90 bits per heavy atom. The summed E-state index contributed by atoms with van der Waals surface area (Å²) in [5, 5.41) is 1.37. The van der Waals surface area contributed by atoms with Gasteiger partial charge in [0.15, 0.2) is 0 Å². The van der Waals surface area contributed by atoms with Gasteiger partial charge in [-0.05, 0) is 0 Å². The molecule has 1 aromatic carbocycles. The first-order valence-corrected chi connectivity index (χ1v) is 11.3. The molecular weight excluding hydrogens is 339 g/mol. The van der Waals surface area contributed by atoms with E-state index in [0.29, 0.717) is 15.0 Å². The molecule has 0 fully saturated rings. The Kier molecular flexibility index (Phi) is 11.1. The van der Waals surface area contributed by atoms with E-state index < -0.39 is 0 Å². The van der Waals surface area contributed by atoms with E-state index in [2.05, 4.69) is 68.9 Å². The van der Waals surface area contributed by atoms with Crippen LogP contribution in [0.15, 0.2) is 40.2 Å². The zero-order valence-electron chi connectivity index (χ0n) is 13.8. The zero-order chi connectivity index (χ0) is 15.3. The second kappa shape index (κ2) is 12.4. The van der Waals surface area contributed by atoms with E-state index in [4.69, 9.17) is 0 Å². The van der Waals surface area contributed by atoms with Gasteiger partial charge in [-0.25, -0.2) is 0 Å². The van der Waals surface area contributed by atoms with E-state index in [1.165, 1.54) is 43.0 Å². The van der Waals surface area contributed by atoms with Crippen LogP contribution in [0.4, 0.5) is 0 Å². The summed E-state index contributed by atoms with van der Waals surface area (Å²) >= 11 is 2.73. The molecule has 0 atom stereocenters. The van der Waals surface area contributed by atoms with Gasteiger partial charge in [-0.1, -0.05) is 0 Å². The predicted molar refractivity (Wildman–Crippen MR) is 100.0 cm³/mol. The quantitative estimate of drug-likeness (QED) is 0.316. The molecule has 118 valence electrons. The molecule has 0 aliphatic heterocycles. The molecule has 1 rings (SSSR count). The van der Waals surface area contributed by atoms with E-state index in [1.54, 1.807) is 3.80 Å². The Labute approximate surface area is 142 Å². The summed E-state index contributed by atoms with van der Waals surface area (Å²) in [4.78, 5) is 0. The van der Waals surface area contributed by atoms with E-state index in [9.17, 15) is 0 Å². The van der Waals surface area contributed by atoms with Crippen molar-refractivity contribution in [2.45, 2.75) is 63.9 Å². The summed E-state index contributed by atoms with van der Waals surface area (Å²) in [5.74, 6) is 1.95. The standard InChI is InChI=1S/C19H30SSe/c1-4-5-6-7-11-14-19(21-16-17(2)3)20-15-18-12-9-8-10-13-18/h8-10,12-14,17H,4-7,11,15-16H2,1-3H3/b19-14-. The van der Waals surface area contributed by atoms with Gasteiger partial charge in [0.1, 0.15) is 0 Å². The number of benzene rings is 1. The Bertz CT molecular complexity index is 384. The van der Waals surface area contributed by atoms with Crippen LogP contribution in [0.1, 0.15) is 58.4 Å². The first-order chi connectivity index (χ1) is 10.2. The van der Waals surface area contributed by atoms with Gasteiger partial charge in [0, 0.05) is 0 Å². The fraction of sp³-hybridized carbons (Fsp3) is 0.579. The number of thioether (sulfide) groups is 1. The Hall–Kier alpha value is -0.171. The number of hydrogen-bond acceptors (Lipinski definition) is 1. The van der Waals surface area contributed by atoms with Gasteiger partial charge in [0.05, 0.1) is 0 Å². The number of unbranched alkanes of at least 4 members (excludes halogenated alkanes) is 4. The van der Waals surface area contributed by atoms with Crippen LogP contribution >= 0.6 is 11.8 Å². The third-order valence-electron chi connectivity index (χ3n) is 3.15. The molecule has 0 saturated carbocycles. The maximum absolute atomic E-state index is 2.53. The van der Waals surface area contributed by atoms with E-state index in [0.717, 1.165) is 11.7 Å². The third-order valence-corrected chi connectivity index (χ3v) is 8.13. The van der Waals surface area contributed by atoms with Crippen molar-refractivity contribution in [2.24, 2.45) is 5.92 Å². The number of allylic oxidation sites excluding steroid dienone is 1. The molecule has 0 unspecified atom stereocenters. The van der Waals surface area contributed by atoms with Crippen molar-refractivity contribution >= 4 is 26.7 Å². The van der Waals surface area contributed by atoms with E-state index in [-0.39, 0.29) is 0 Å². The molecule has 0 amide bonds. The van der Waals surface area contributed by atoms with Gasteiger partial charge in [-0.2, -0.15) is 0 Å². The van der Waals surface area contributed by atoms with Crippen molar-refractivity contribution in [3.05, 3.63) is 45.8 Å². The molecule has 0 N–H and O–H groups in total. The molecule has 0 heterocycles. The molecule has 0 nitrogen and oxygen atoms in total. The monoisotopic (exact) mass is 370 g/mol. The maximum atomic E-state index is 2.53. The molecule has 0 saturated heterocycles. The fourth-order valence-corrected chi connectivity index (χ4v) is 5.54. The second-order valence-corrected chi connectivity index (χ2v) is 9.68. The third kappa shape index (κ3) is 10.2. The van der Waals surface area contributed by atoms with Crippen LogP contribution in [0, 0.1) is 5.92 Å². The van der Waals surface area contributed by atoms with Crippen molar-refractivity contribution in [2.75, 3.05) is 0 Å². The Balaban J connectivity index is 2.41. The van der Waals surface area contributed by atoms with Crippen LogP contribution in [-0.2, 0) is 5.75 Å². The van der Waals surface area contributed by atoms with Crippen LogP contribution < -0.4 is 0 Å². The molecule has 0 aromatic heterocycles. The minimum atomic E-state index is 0.665. The van der Waals surface area contributed by atoms with E-state index in [1.807, 2.05) is 0 Å². The average Bonchev–Trinajstić information content (AvgIpc) is 2.50. The van der Waals surface area contributed by atoms with E-state index >= 15 is 0 Å². The minimum absolute atomic E-state index is 0.665. The molecule has 0 aliphatic rings. The van der Waals surface area contributed by atoms with Crippen LogP contribution in [0.5, 0.6) is 0 Å². The molecule has 0 spiro atoms. The molecule has 1 aromatic rings. The molecule has 0 bridgehead atoms. The Morgan fingerprint density at radius 1 is 1.14 bits per heavy atom. The van der Waals surface area contributed by atoms with Crippen molar-refractivity contribution in [1.29, 1.82) is 0 Å². The topological polar surface area (TPSA) is 0 Å². The summed E-state index contributed by atoms with van der Waals surface area (Å²) in [7, 11) is 0. The van der Waals surface area contributed by atoms with Crippen molar-refractivity contribution in [3.63, 3.8) is 0 Å². The van der Waals surface area contributed by atoms with Crippen LogP contribution in [0.2, 0.25) is 5.32 Å². The van der Waals surface area contributed by atoms with Gasteiger partial charge in [0.25, 0.3) is 0 Å². The summed E-state index contributed by atoms with van der Waals surface area (Å²) in [6.45, 7) is 6.95. The van der Waals surface area contributed by atoms with Gasteiger partial charge in [-0.15, -0.1) is 0 Å². The van der Waals surface area contributed by atoms with Crippen LogP contribution in [-0.4, -0.2) is 15.0 Å².